The van der Waals surface area contributed by atoms with E-state index in [1.807, 2.05) is 0 Å². The molecule has 0 saturated heterocycles. The fraction of sp³-hybridized carbons (Fsp3) is 0.455. The zero-order valence-electron chi connectivity index (χ0n) is 8.31. The smallest absolute Gasteiger partial charge is 0.385 e. The lowest BCUT2D eigenvalue weighted by molar-refractivity contribution is -0.138. The van der Waals surface area contributed by atoms with Crippen LogP contribution in [0, 0.1) is 5.82 Å². The second kappa shape index (κ2) is 3.45. The van der Waals surface area contributed by atoms with Gasteiger partial charge in [0.25, 0.3) is 0 Å². The molecule has 1 aliphatic carbocycles. The van der Waals surface area contributed by atoms with E-state index in [2.05, 4.69) is 0 Å². The van der Waals surface area contributed by atoms with E-state index in [0.717, 1.165) is 6.07 Å². The van der Waals surface area contributed by atoms with E-state index in [-0.39, 0.29) is 5.56 Å². The number of alkyl halides is 3. The van der Waals surface area contributed by atoms with Gasteiger partial charge in [0.1, 0.15) is 5.82 Å². The van der Waals surface area contributed by atoms with E-state index in [1.54, 1.807) is 0 Å². The van der Waals surface area contributed by atoms with Crippen molar-refractivity contribution in [1.82, 2.24) is 0 Å². The number of halogens is 4. The van der Waals surface area contributed by atoms with E-state index in [0.29, 0.717) is 31.4 Å². The van der Waals surface area contributed by atoms with Crippen LogP contribution in [0.1, 0.15) is 30.4 Å². The Morgan fingerprint density at radius 2 is 1.81 bits per heavy atom. The Morgan fingerprint density at radius 1 is 1.19 bits per heavy atom. The van der Waals surface area contributed by atoms with E-state index >= 15 is 0 Å². The molecule has 0 atom stereocenters. The molecule has 0 bridgehead atoms. The molecule has 1 nitrogen and oxygen atoms in total. The third-order valence-electron chi connectivity index (χ3n) is 2.98. The van der Waals surface area contributed by atoms with Gasteiger partial charge in [-0.3, -0.25) is 0 Å². The normalized spacial score (nSPS) is 19.3. The number of benzene rings is 1. The van der Waals surface area contributed by atoms with E-state index in [9.17, 15) is 22.7 Å². The molecular weight excluding hydrogens is 224 g/mol. The van der Waals surface area contributed by atoms with Crippen LogP contribution < -0.4 is 0 Å². The molecule has 1 aromatic rings. The van der Waals surface area contributed by atoms with Gasteiger partial charge in [0.05, 0.1) is 11.2 Å². The largest absolute Gasteiger partial charge is 0.416 e. The fourth-order valence-corrected chi connectivity index (χ4v) is 1.84. The Balaban J connectivity index is 2.45. The van der Waals surface area contributed by atoms with Crippen LogP contribution in [0.25, 0.3) is 0 Å². The zero-order valence-corrected chi connectivity index (χ0v) is 8.31. The average molecular weight is 234 g/mol. The summed E-state index contributed by atoms with van der Waals surface area (Å²) in [5.41, 5.74) is -2.58. The molecule has 1 aromatic carbocycles. The van der Waals surface area contributed by atoms with Crippen LogP contribution >= 0.6 is 0 Å². The van der Waals surface area contributed by atoms with E-state index in [1.165, 1.54) is 0 Å². The lowest BCUT2D eigenvalue weighted by atomic mass is 9.74. The molecule has 0 heterocycles. The topological polar surface area (TPSA) is 20.2 Å². The molecule has 0 amide bonds. The number of aliphatic hydroxyl groups is 1. The van der Waals surface area contributed by atoms with Crippen molar-refractivity contribution >= 4 is 0 Å². The quantitative estimate of drug-likeness (QED) is 0.740. The van der Waals surface area contributed by atoms with Crippen LogP contribution in [0.4, 0.5) is 17.6 Å². The molecule has 2 rings (SSSR count). The first kappa shape index (κ1) is 11.4. The van der Waals surface area contributed by atoms with Gasteiger partial charge in [0.15, 0.2) is 0 Å². The summed E-state index contributed by atoms with van der Waals surface area (Å²) in [6.45, 7) is 0. The van der Waals surface area contributed by atoms with Crippen molar-refractivity contribution in [1.29, 1.82) is 0 Å². The van der Waals surface area contributed by atoms with Crippen molar-refractivity contribution in [3.05, 3.63) is 35.1 Å². The van der Waals surface area contributed by atoms with Gasteiger partial charge in [-0.15, -0.1) is 0 Å². The van der Waals surface area contributed by atoms with Gasteiger partial charge in [0.2, 0.25) is 0 Å². The predicted molar refractivity (Wildman–Crippen MR) is 49.1 cm³/mol. The Hall–Kier alpha value is -1.10. The number of rotatable bonds is 1. The average Bonchev–Trinajstić information content (AvgIpc) is 2.13. The summed E-state index contributed by atoms with van der Waals surface area (Å²) < 4.78 is 50.6. The standard InChI is InChI=1S/C11H10F4O/c12-9-3-2-7(11(13,14)15)6-8(9)10(16)4-1-5-10/h2-3,6,16H,1,4-5H2. The van der Waals surface area contributed by atoms with E-state index in [4.69, 9.17) is 0 Å². The highest BCUT2D eigenvalue weighted by Gasteiger charge is 2.40. The SMILES string of the molecule is OC1(c2cc(C(F)(F)F)ccc2F)CCC1. The Kier molecular flexibility index (Phi) is 2.45. The third-order valence-corrected chi connectivity index (χ3v) is 2.98. The van der Waals surface area contributed by atoms with Crippen molar-refractivity contribution in [3.63, 3.8) is 0 Å². The highest BCUT2D eigenvalue weighted by molar-refractivity contribution is 5.32. The van der Waals surface area contributed by atoms with Crippen molar-refractivity contribution in [2.24, 2.45) is 0 Å². The molecule has 1 N–H and O–H groups in total. The maximum absolute atomic E-state index is 13.3. The summed E-state index contributed by atoms with van der Waals surface area (Å²) in [6, 6.07) is 2.14. The van der Waals surface area contributed by atoms with Gasteiger partial charge in [0, 0.05) is 5.56 Å². The lowest BCUT2D eigenvalue weighted by Gasteiger charge is -2.37. The van der Waals surface area contributed by atoms with Crippen LogP contribution in [-0.4, -0.2) is 5.11 Å². The second-order valence-electron chi connectivity index (χ2n) is 4.08. The maximum Gasteiger partial charge on any atom is 0.416 e. The fourth-order valence-electron chi connectivity index (χ4n) is 1.84. The van der Waals surface area contributed by atoms with Crippen LogP contribution in [0.5, 0.6) is 0 Å². The van der Waals surface area contributed by atoms with Gasteiger partial charge in [-0.05, 0) is 37.5 Å². The second-order valence-corrected chi connectivity index (χ2v) is 4.08. The molecule has 0 aromatic heterocycles. The summed E-state index contributed by atoms with van der Waals surface area (Å²) >= 11 is 0. The molecular formula is C11H10F4O. The summed E-state index contributed by atoms with van der Waals surface area (Å²) in [7, 11) is 0. The van der Waals surface area contributed by atoms with Crippen molar-refractivity contribution in [3.8, 4) is 0 Å². The van der Waals surface area contributed by atoms with Crippen LogP contribution in [0.15, 0.2) is 18.2 Å². The van der Waals surface area contributed by atoms with E-state index < -0.39 is 23.2 Å². The monoisotopic (exact) mass is 234 g/mol. The zero-order chi connectivity index (χ0) is 12.0. The summed E-state index contributed by atoms with van der Waals surface area (Å²) in [4.78, 5) is 0. The first-order chi connectivity index (χ1) is 7.33. The summed E-state index contributed by atoms with van der Waals surface area (Å²) in [5, 5.41) is 9.85. The van der Waals surface area contributed by atoms with Crippen molar-refractivity contribution in [2.45, 2.75) is 31.0 Å². The van der Waals surface area contributed by atoms with Crippen LogP contribution in [-0.2, 0) is 11.8 Å². The number of hydrogen-bond donors (Lipinski definition) is 1. The molecule has 0 spiro atoms. The number of hydrogen-bond acceptors (Lipinski definition) is 1. The van der Waals surface area contributed by atoms with Gasteiger partial charge in [-0.1, -0.05) is 0 Å². The van der Waals surface area contributed by atoms with Gasteiger partial charge in [-0.25, -0.2) is 4.39 Å². The molecule has 0 aliphatic heterocycles. The highest BCUT2D eigenvalue weighted by Crippen LogP contribution is 2.43. The van der Waals surface area contributed by atoms with Gasteiger partial charge in [-0.2, -0.15) is 13.2 Å². The highest BCUT2D eigenvalue weighted by atomic mass is 19.4. The first-order valence-electron chi connectivity index (χ1n) is 4.92. The minimum Gasteiger partial charge on any atom is -0.385 e. The Labute approximate surface area is 89.7 Å². The molecule has 1 saturated carbocycles. The molecule has 1 aliphatic rings. The summed E-state index contributed by atoms with van der Waals surface area (Å²) in [5.74, 6) is -0.782. The first-order valence-corrected chi connectivity index (χ1v) is 4.92. The van der Waals surface area contributed by atoms with Crippen molar-refractivity contribution in [2.75, 3.05) is 0 Å². The predicted octanol–water partition coefficient (Wildman–Crippen LogP) is 3.22. The molecule has 16 heavy (non-hydrogen) atoms. The molecule has 1 fully saturated rings. The summed E-state index contributed by atoms with van der Waals surface area (Å²) in [6.07, 6.45) is -3.19. The Bertz CT molecular complexity index is 407. The van der Waals surface area contributed by atoms with Crippen LogP contribution in [0.3, 0.4) is 0 Å². The van der Waals surface area contributed by atoms with Crippen LogP contribution in [0.2, 0.25) is 0 Å². The lowest BCUT2D eigenvalue weighted by Crippen LogP contribution is -2.34. The molecule has 5 heteroatoms. The Morgan fingerprint density at radius 3 is 2.25 bits per heavy atom. The van der Waals surface area contributed by atoms with Crippen molar-refractivity contribution < 1.29 is 22.7 Å². The minimum absolute atomic E-state index is 0.242. The molecule has 0 radical (unpaired) electrons. The maximum atomic E-state index is 13.3. The van der Waals surface area contributed by atoms with Gasteiger partial charge >= 0.3 is 6.18 Å². The molecule has 0 unspecified atom stereocenters. The van der Waals surface area contributed by atoms with Gasteiger partial charge < -0.3 is 5.11 Å². The minimum atomic E-state index is -4.51. The molecule has 88 valence electrons. The third kappa shape index (κ3) is 1.80.